The third-order valence-electron chi connectivity index (χ3n) is 1.50. The van der Waals surface area contributed by atoms with E-state index in [2.05, 4.69) is 45.2 Å². The smallest absolute Gasteiger partial charge is 0.0606 e. The molecule has 0 fully saturated rings. The highest BCUT2D eigenvalue weighted by Crippen LogP contribution is 2.29. The molecule has 0 radical (unpaired) electrons. The van der Waals surface area contributed by atoms with Crippen molar-refractivity contribution in [3.8, 4) is 0 Å². The summed E-state index contributed by atoms with van der Waals surface area (Å²) in [6.45, 7) is 1.99. The average molecular weight is 374 g/mol. The maximum Gasteiger partial charge on any atom is 0.0606 e. The lowest BCUT2D eigenvalue weighted by Gasteiger charge is -2.07. The van der Waals surface area contributed by atoms with E-state index in [-0.39, 0.29) is 0 Å². The molecule has 0 saturated heterocycles. The molecule has 2 nitrogen and oxygen atoms in total. The van der Waals surface area contributed by atoms with Crippen LogP contribution in [0.25, 0.3) is 0 Å². The van der Waals surface area contributed by atoms with Crippen molar-refractivity contribution in [3.05, 3.63) is 18.8 Å². The maximum atomic E-state index is 5.76. The van der Waals surface area contributed by atoms with Crippen LogP contribution in [0.2, 0.25) is 0 Å². The molecule has 1 aromatic rings. The largest absolute Gasteiger partial charge is 0.398 e. The average Bonchev–Trinajstić information content (AvgIpc) is 1.97. The zero-order chi connectivity index (χ0) is 8.59. The van der Waals surface area contributed by atoms with Gasteiger partial charge in [0, 0.05) is 3.57 Å². The molecule has 0 spiro atoms. The number of rotatable bonds is 0. The van der Waals surface area contributed by atoms with Crippen LogP contribution in [0.3, 0.4) is 0 Å². The molecule has 4 heteroatoms. The van der Waals surface area contributed by atoms with Crippen molar-refractivity contribution in [1.82, 2.24) is 0 Å². The first-order valence-electron chi connectivity index (χ1n) is 3.03. The first-order valence-corrected chi connectivity index (χ1v) is 5.19. The summed E-state index contributed by atoms with van der Waals surface area (Å²) in [4.78, 5) is 0. The minimum atomic E-state index is 0.786. The molecule has 60 valence electrons. The molecule has 0 aromatic heterocycles. The fourth-order valence-electron chi connectivity index (χ4n) is 0.769. The van der Waals surface area contributed by atoms with Crippen LogP contribution in [-0.4, -0.2) is 0 Å². The van der Waals surface area contributed by atoms with E-state index in [4.69, 9.17) is 11.5 Å². The van der Waals surface area contributed by atoms with Gasteiger partial charge in [0.2, 0.25) is 0 Å². The van der Waals surface area contributed by atoms with E-state index in [0.29, 0.717) is 0 Å². The summed E-state index contributed by atoms with van der Waals surface area (Å²) < 4.78 is 2.03. The number of halogens is 2. The van der Waals surface area contributed by atoms with Gasteiger partial charge in [0.1, 0.15) is 0 Å². The van der Waals surface area contributed by atoms with E-state index < -0.39 is 0 Å². The molecule has 1 rings (SSSR count). The lowest BCUT2D eigenvalue weighted by atomic mass is 10.2. The first-order chi connectivity index (χ1) is 5.04. The van der Waals surface area contributed by atoms with Crippen molar-refractivity contribution in [2.75, 3.05) is 11.5 Å². The Morgan fingerprint density at radius 3 is 2.27 bits per heavy atom. The van der Waals surface area contributed by atoms with Gasteiger partial charge in [-0.25, -0.2) is 0 Å². The predicted molar refractivity (Wildman–Crippen MR) is 65.4 cm³/mol. The molecule has 0 aliphatic carbocycles. The Morgan fingerprint density at radius 2 is 1.73 bits per heavy atom. The van der Waals surface area contributed by atoms with Crippen LogP contribution in [0.15, 0.2) is 6.07 Å². The Balaban J connectivity index is 3.46. The summed E-state index contributed by atoms with van der Waals surface area (Å²) in [5.74, 6) is 0. The SMILES string of the molecule is Cc1cc(I)c(N)c(I)c1N. The van der Waals surface area contributed by atoms with Gasteiger partial charge in [-0.05, 0) is 63.7 Å². The molecule has 0 heterocycles. The third-order valence-corrected chi connectivity index (χ3v) is 3.55. The van der Waals surface area contributed by atoms with Gasteiger partial charge >= 0.3 is 0 Å². The molecule has 1 aromatic carbocycles. The summed E-state index contributed by atoms with van der Waals surface area (Å²) >= 11 is 4.37. The molecule has 0 aliphatic heterocycles. The van der Waals surface area contributed by atoms with E-state index in [1.54, 1.807) is 0 Å². The Bertz CT molecular complexity index is 271. The molecule has 0 aliphatic rings. The standard InChI is InChI=1S/C7H8I2N2/c1-3-2-4(8)7(11)5(9)6(3)10/h2H,10-11H2,1H3. The quantitative estimate of drug-likeness (QED) is 0.542. The van der Waals surface area contributed by atoms with Crippen LogP contribution in [0.1, 0.15) is 5.56 Å². The van der Waals surface area contributed by atoms with Crippen LogP contribution in [-0.2, 0) is 0 Å². The van der Waals surface area contributed by atoms with Crippen molar-refractivity contribution in [1.29, 1.82) is 0 Å². The van der Waals surface area contributed by atoms with Gasteiger partial charge < -0.3 is 11.5 Å². The monoisotopic (exact) mass is 374 g/mol. The van der Waals surface area contributed by atoms with Crippen LogP contribution in [0.5, 0.6) is 0 Å². The number of hydrogen-bond donors (Lipinski definition) is 2. The summed E-state index contributed by atoms with van der Waals surface area (Å²) in [5.41, 5.74) is 14.2. The highest BCUT2D eigenvalue weighted by atomic mass is 127. The number of nitrogens with two attached hydrogens (primary N) is 2. The van der Waals surface area contributed by atoms with Crippen LogP contribution < -0.4 is 11.5 Å². The number of nitrogen functional groups attached to an aromatic ring is 2. The Hall–Kier alpha value is 0.280. The van der Waals surface area contributed by atoms with Gasteiger partial charge in [-0.1, -0.05) is 0 Å². The molecular formula is C7H8I2N2. The van der Waals surface area contributed by atoms with Gasteiger partial charge in [-0.2, -0.15) is 0 Å². The molecule has 4 N–H and O–H groups in total. The Kier molecular flexibility index (Phi) is 2.84. The van der Waals surface area contributed by atoms with Gasteiger partial charge in [0.25, 0.3) is 0 Å². The summed E-state index contributed by atoms with van der Waals surface area (Å²) in [5, 5.41) is 0. The minimum Gasteiger partial charge on any atom is -0.398 e. The molecule has 0 bridgehead atoms. The fourth-order valence-corrected chi connectivity index (χ4v) is 2.74. The summed E-state index contributed by atoms with van der Waals surface area (Å²) in [6.07, 6.45) is 0. The van der Waals surface area contributed by atoms with Gasteiger partial charge in [-0.15, -0.1) is 0 Å². The van der Waals surface area contributed by atoms with E-state index in [9.17, 15) is 0 Å². The zero-order valence-electron chi connectivity index (χ0n) is 5.99. The van der Waals surface area contributed by atoms with E-state index in [1.807, 2.05) is 13.0 Å². The topological polar surface area (TPSA) is 52.0 Å². The highest BCUT2D eigenvalue weighted by molar-refractivity contribution is 14.1. The van der Waals surface area contributed by atoms with Crippen LogP contribution in [0, 0.1) is 14.1 Å². The van der Waals surface area contributed by atoms with Crippen molar-refractivity contribution in [3.63, 3.8) is 0 Å². The molecule has 0 saturated carbocycles. The zero-order valence-corrected chi connectivity index (χ0v) is 10.3. The Morgan fingerprint density at radius 1 is 1.18 bits per heavy atom. The highest BCUT2D eigenvalue weighted by Gasteiger charge is 2.06. The predicted octanol–water partition coefficient (Wildman–Crippen LogP) is 2.37. The molecule has 0 atom stereocenters. The summed E-state index contributed by atoms with van der Waals surface area (Å²) in [6, 6.07) is 1.99. The number of anilines is 2. The van der Waals surface area contributed by atoms with Gasteiger partial charge in [0.05, 0.1) is 14.9 Å². The van der Waals surface area contributed by atoms with Crippen molar-refractivity contribution in [2.24, 2.45) is 0 Å². The number of aryl methyl sites for hydroxylation is 1. The van der Waals surface area contributed by atoms with Crippen LogP contribution >= 0.6 is 45.2 Å². The van der Waals surface area contributed by atoms with E-state index in [0.717, 1.165) is 24.1 Å². The van der Waals surface area contributed by atoms with Crippen molar-refractivity contribution >= 4 is 56.6 Å². The number of hydrogen-bond acceptors (Lipinski definition) is 2. The molecule has 11 heavy (non-hydrogen) atoms. The van der Waals surface area contributed by atoms with Crippen molar-refractivity contribution < 1.29 is 0 Å². The third kappa shape index (κ3) is 1.71. The van der Waals surface area contributed by atoms with Gasteiger partial charge in [-0.3, -0.25) is 0 Å². The number of benzene rings is 1. The normalized spacial score (nSPS) is 10.1. The second-order valence-electron chi connectivity index (χ2n) is 2.32. The Labute approximate surface area is 93.0 Å². The molecule has 0 unspecified atom stereocenters. The van der Waals surface area contributed by atoms with E-state index >= 15 is 0 Å². The van der Waals surface area contributed by atoms with Crippen molar-refractivity contribution in [2.45, 2.75) is 6.92 Å². The maximum absolute atomic E-state index is 5.76. The van der Waals surface area contributed by atoms with Gasteiger partial charge in [0.15, 0.2) is 0 Å². The second-order valence-corrected chi connectivity index (χ2v) is 4.56. The lowest BCUT2D eigenvalue weighted by molar-refractivity contribution is 1.43. The summed E-state index contributed by atoms with van der Waals surface area (Å²) in [7, 11) is 0. The minimum absolute atomic E-state index is 0.786. The van der Waals surface area contributed by atoms with Crippen LogP contribution in [0.4, 0.5) is 11.4 Å². The molecular weight excluding hydrogens is 366 g/mol. The first kappa shape index (κ1) is 9.37. The molecule has 0 amide bonds. The fraction of sp³-hybridized carbons (Fsp3) is 0.143. The lowest BCUT2D eigenvalue weighted by Crippen LogP contribution is -2.00. The van der Waals surface area contributed by atoms with E-state index in [1.165, 1.54) is 0 Å². The second kappa shape index (κ2) is 3.34.